The molecule has 10 nitrogen and oxygen atoms in total. The third kappa shape index (κ3) is 16.7. The lowest BCUT2D eigenvalue weighted by molar-refractivity contribution is -0.908. The first-order valence-electron chi connectivity index (χ1n) is 5.85. The summed E-state index contributed by atoms with van der Waals surface area (Å²) < 4.78 is 31.3. The second-order valence-electron chi connectivity index (χ2n) is 4.38. The predicted molar refractivity (Wildman–Crippen MR) is 69.1 cm³/mol. The number of aliphatic hydroxyl groups excluding tert-OH is 1. The van der Waals surface area contributed by atoms with Crippen LogP contribution in [-0.2, 0) is 24.2 Å². The fourth-order valence-electron chi connectivity index (χ4n) is 1.31. The Balaban J connectivity index is 0. The summed E-state index contributed by atoms with van der Waals surface area (Å²) in [6, 6.07) is 0. The number of carboxylic acid groups (broad SMARTS) is 2. The average Bonchev–Trinajstić information content (AvgIpc) is 2.35. The number of carbonyl (C=O) groups is 2. The van der Waals surface area contributed by atoms with Gasteiger partial charge in [0.1, 0.15) is 6.54 Å². The lowest BCUT2D eigenvalue weighted by Crippen LogP contribution is -2.48. The molecule has 0 aromatic rings. The van der Waals surface area contributed by atoms with Gasteiger partial charge < -0.3 is 24.4 Å². The third-order valence-corrected chi connectivity index (χ3v) is 2.98. The molecule has 21 heavy (non-hydrogen) atoms. The smallest absolute Gasteiger partial charge is 0.309 e. The SMILES string of the molecule is COS(=O)(=O)[O-].C[N+](CCO)(CCC(=O)O)CCC(=O)O. The van der Waals surface area contributed by atoms with Gasteiger partial charge in [-0.05, 0) is 0 Å². The summed E-state index contributed by atoms with van der Waals surface area (Å²) in [7, 11) is -1.85. The van der Waals surface area contributed by atoms with Crippen molar-refractivity contribution in [3.05, 3.63) is 0 Å². The van der Waals surface area contributed by atoms with Gasteiger partial charge in [-0.1, -0.05) is 0 Å². The molecule has 0 aliphatic carbocycles. The van der Waals surface area contributed by atoms with Crippen molar-refractivity contribution in [3.63, 3.8) is 0 Å². The Hall–Kier alpha value is -1.27. The van der Waals surface area contributed by atoms with E-state index in [2.05, 4.69) is 4.18 Å². The molecule has 0 amide bonds. The van der Waals surface area contributed by atoms with Gasteiger partial charge in [0.15, 0.2) is 0 Å². The molecule has 0 rings (SSSR count). The Morgan fingerprint density at radius 2 is 1.43 bits per heavy atom. The molecule has 0 fully saturated rings. The summed E-state index contributed by atoms with van der Waals surface area (Å²) >= 11 is 0. The van der Waals surface area contributed by atoms with E-state index < -0.39 is 22.3 Å². The highest BCUT2D eigenvalue weighted by atomic mass is 32.3. The molecule has 0 aliphatic rings. The number of aliphatic hydroxyl groups is 1. The molecule has 0 saturated carbocycles. The second-order valence-corrected chi connectivity index (χ2v) is 5.53. The first-order chi connectivity index (χ1) is 9.45. The van der Waals surface area contributed by atoms with Crippen LogP contribution in [0.15, 0.2) is 0 Å². The Morgan fingerprint density at radius 1 is 1.10 bits per heavy atom. The summed E-state index contributed by atoms with van der Waals surface area (Å²) in [5.74, 6) is -1.82. The van der Waals surface area contributed by atoms with E-state index >= 15 is 0 Å². The minimum Gasteiger partial charge on any atom is -0.726 e. The van der Waals surface area contributed by atoms with Gasteiger partial charge in [-0.15, -0.1) is 0 Å². The number of rotatable bonds is 9. The van der Waals surface area contributed by atoms with Crippen LogP contribution in [0.25, 0.3) is 0 Å². The van der Waals surface area contributed by atoms with E-state index in [1.807, 2.05) is 0 Å². The molecule has 0 aliphatic heterocycles. The molecule has 0 bridgehead atoms. The van der Waals surface area contributed by atoms with Crippen LogP contribution in [-0.4, -0.2) is 85.1 Å². The van der Waals surface area contributed by atoms with E-state index in [1.165, 1.54) is 0 Å². The van der Waals surface area contributed by atoms with Crippen LogP contribution >= 0.6 is 0 Å². The topological polar surface area (TPSA) is 161 Å². The zero-order valence-electron chi connectivity index (χ0n) is 11.9. The zero-order valence-corrected chi connectivity index (χ0v) is 12.7. The number of quaternary nitrogens is 1. The van der Waals surface area contributed by atoms with Gasteiger partial charge in [-0.2, -0.15) is 0 Å². The van der Waals surface area contributed by atoms with Crippen molar-refractivity contribution >= 4 is 22.3 Å². The predicted octanol–water partition coefficient (Wildman–Crippen LogP) is -1.53. The lowest BCUT2D eigenvalue weighted by atomic mass is 10.2. The van der Waals surface area contributed by atoms with Crippen molar-refractivity contribution < 1.29 is 46.5 Å². The van der Waals surface area contributed by atoms with Gasteiger partial charge in [0.2, 0.25) is 10.4 Å². The molecule has 0 radical (unpaired) electrons. The summed E-state index contributed by atoms with van der Waals surface area (Å²) in [5.41, 5.74) is 0. The van der Waals surface area contributed by atoms with Crippen LogP contribution in [0.2, 0.25) is 0 Å². The van der Waals surface area contributed by atoms with Gasteiger partial charge in [0.05, 0.1) is 46.7 Å². The number of likely N-dealkylation sites (N-methyl/N-ethyl adjacent to an activating group) is 1. The van der Waals surface area contributed by atoms with E-state index in [-0.39, 0.29) is 23.9 Å². The third-order valence-electron chi connectivity index (χ3n) is 2.57. The maximum atomic E-state index is 10.4. The molecule has 126 valence electrons. The van der Waals surface area contributed by atoms with Crippen molar-refractivity contribution in [2.45, 2.75) is 12.8 Å². The summed E-state index contributed by atoms with van der Waals surface area (Å²) in [6.45, 7) is 0.975. The highest BCUT2D eigenvalue weighted by Gasteiger charge is 2.23. The van der Waals surface area contributed by atoms with Crippen LogP contribution in [0.4, 0.5) is 0 Å². The van der Waals surface area contributed by atoms with Crippen molar-refractivity contribution in [1.29, 1.82) is 0 Å². The Morgan fingerprint density at radius 3 is 1.62 bits per heavy atom. The molecule has 3 N–H and O–H groups in total. The number of nitrogens with zero attached hydrogens (tertiary/aromatic N) is 1. The molecule has 0 aromatic carbocycles. The van der Waals surface area contributed by atoms with E-state index in [1.54, 1.807) is 7.05 Å². The summed E-state index contributed by atoms with van der Waals surface area (Å²) in [5, 5.41) is 25.9. The van der Waals surface area contributed by atoms with Crippen LogP contribution in [0.5, 0.6) is 0 Å². The van der Waals surface area contributed by atoms with Gasteiger partial charge in [-0.3, -0.25) is 13.8 Å². The average molecular weight is 331 g/mol. The Kier molecular flexibility index (Phi) is 11.0. The number of carboxylic acids is 2. The monoisotopic (exact) mass is 331 g/mol. The van der Waals surface area contributed by atoms with E-state index in [0.29, 0.717) is 19.6 Å². The molecular formula is C10H21NO9S. The normalized spacial score (nSPS) is 11.4. The van der Waals surface area contributed by atoms with Gasteiger partial charge in [-0.25, -0.2) is 8.42 Å². The Bertz CT molecular complexity index is 402. The maximum Gasteiger partial charge on any atom is 0.309 e. The Labute approximate surface area is 123 Å². The number of aliphatic carboxylic acids is 2. The highest BCUT2D eigenvalue weighted by Crippen LogP contribution is 2.05. The number of hydrogen-bond donors (Lipinski definition) is 3. The molecule has 0 saturated heterocycles. The first-order valence-corrected chi connectivity index (χ1v) is 7.18. The minimum atomic E-state index is -4.41. The van der Waals surface area contributed by atoms with E-state index in [4.69, 9.17) is 15.3 Å². The van der Waals surface area contributed by atoms with Crippen molar-refractivity contribution in [3.8, 4) is 0 Å². The fourth-order valence-corrected chi connectivity index (χ4v) is 1.31. The van der Waals surface area contributed by atoms with E-state index in [0.717, 1.165) is 7.11 Å². The summed E-state index contributed by atoms with van der Waals surface area (Å²) in [6.07, 6.45) is -0.0355. The second kappa shape index (κ2) is 10.5. The molecule has 0 spiro atoms. The molecule has 0 atom stereocenters. The van der Waals surface area contributed by atoms with Gasteiger partial charge in [0, 0.05) is 0 Å². The van der Waals surface area contributed by atoms with Crippen LogP contribution in [0.3, 0.4) is 0 Å². The highest BCUT2D eigenvalue weighted by molar-refractivity contribution is 7.80. The van der Waals surface area contributed by atoms with Crippen molar-refractivity contribution in [1.82, 2.24) is 0 Å². The van der Waals surface area contributed by atoms with Crippen LogP contribution < -0.4 is 0 Å². The first kappa shape index (κ1) is 22.0. The van der Waals surface area contributed by atoms with Crippen LogP contribution in [0, 0.1) is 0 Å². The van der Waals surface area contributed by atoms with Gasteiger partial charge >= 0.3 is 11.9 Å². The van der Waals surface area contributed by atoms with Crippen LogP contribution in [0.1, 0.15) is 12.8 Å². The number of hydrogen-bond acceptors (Lipinski definition) is 7. The molecule has 11 heteroatoms. The molecule has 0 aromatic heterocycles. The molecular weight excluding hydrogens is 310 g/mol. The fraction of sp³-hybridized carbons (Fsp3) is 0.800. The van der Waals surface area contributed by atoms with Crippen molar-refractivity contribution in [2.24, 2.45) is 0 Å². The van der Waals surface area contributed by atoms with E-state index in [9.17, 15) is 22.6 Å². The molecule has 0 heterocycles. The maximum absolute atomic E-state index is 10.4. The largest absolute Gasteiger partial charge is 0.726 e. The lowest BCUT2D eigenvalue weighted by Gasteiger charge is -2.33. The van der Waals surface area contributed by atoms with Gasteiger partial charge in [0.25, 0.3) is 0 Å². The summed E-state index contributed by atoms with van der Waals surface area (Å²) in [4.78, 5) is 20.8. The minimum absolute atomic E-state index is 0.0177. The quantitative estimate of drug-likeness (QED) is 0.258. The van der Waals surface area contributed by atoms with Crippen molar-refractivity contribution in [2.75, 3.05) is 40.4 Å². The molecule has 0 unspecified atom stereocenters. The standard InChI is InChI=1S/C9H17NO5.CH4O4S/c1-10(6-7-11,4-2-8(12)13)5-3-9(14)15;1-5-6(2,3)4/h11H,2-7H2,1H3,(H-,12,13,14,15);1H3,(H,2,3,4). The zero-order chi connectivity index (χ0) is 17.1.